The number of carboxylic acid groups (broad SMARTS) is 1. The molecule has 1 heterocycles. The lowest BCUT2D eigenvalue weighted by Crippen LogP contribution is -2.47. The van der Waals surface area contributed by atoms with Gasteiger partial charge in [0.15, 0.2) is 5.69 Å². The number of carbonyl (C=O) groups is 3. The standard InChI is InChI=1S/C22H29N3O6/c1-21(2,3)30-19(28)16(24-20(29)31-22(4,5)6)11-14-7-9-15(10-8-14)25-12-17(18(26)27)23-13-25/h7-10,12-13,16H,11H2,1-6H3,(H,24,29)(H,26,27). The first kappa shape index (κ1) is 23.9. The Morgan fingerprint density at radius 2 is 1.61 bits per heavy atom. The van der Waals surface area contributed by atoms with Crippen molar-refractivity contribution < 1.29 is 29.0 Å². The van der Waals surface area contributed by atoms with Gasteiger partial charge >= 0.3 is 18.0 Å². The van der Waals surface area contributed by atoms with Crippen LogP contribution in [-0.4, -0.2) is 49.9 Å². The average Bonchev–Trinajstić information content (AvgIpc) is 3.09. The van der Waals surface area contributed by atoms with Crippen molar-refractivity contribution in [1.29, 1.82) is 0 Å². The molecule has 0 spiro atoms. The first-order valence-electron chi connectivity index (χ1n) is 9.82. The van der Waals surface area contributed by atoms with Crippen LogP contribution in [0.3, 0.4) is 0 Å². The molecule has 0 aliphatic rings. The molecule has 1 atom stereocenters. The molecule has 0 bridgehead atoms. The zero-order valence-electron chi connectivity index (χ0n) is 18.6. The summed E-state index contributed by atoms with van der Waals surface area (Å²) in [7, 11) is 0. The lowest BCUT2D eigenvalue weighted by molar-refractivity contribution is -0.157. The molecule has 1 aromatic carbocycles. The molecule has 0 fully saturated rings. The fourth-order valence-electron chi connectivity index (χ4n) is 2.63. The monoisotopic (exact) mass is 431 g/mol. The number of rotatable bonds is 6. The summed E-state index contributed by atoms with van der Waals surface area (Å²) in [5.41, 5.74) is 0.00423. The Bertz CT molecular complexity index is 935. The molecule has 0 aliphatic heterocycles. The number of hydrogen-bond acceptors (Lipinski definition) is 6. The number of alkyl carbamates (subject to hydrolysis) is 1. The highest BCUT2D eigenvalue weighted by Gasteiger charge is 2.29. The Morgan fingerprint density at radius 3 is 2.10 bits per heavy atom. The van der Waals surface area contributed by atoms with E-state index in [1.165, 1.54) is 12.5 Å². The first-order chi connectivity index (χ1) is 14.2. The van der Waals surface area contributed by atoms with Crippen molar-refractivity contribution in [3.8, 4) is 5.69 Å². The molecule has 0 aliphatic carbocycles. The number of benzene rings is 1. The molecule has 0 radical (unpaired) electrons. The van der Waals surface area contributed by atoms with E-state index in [0.717, 1.165) is 5.56 Å². The van der Waals surface area contributed by atoms with Gasteiger partial charge in [-0.25, -0.2) is 19.4 Å². The van der Waals surface area contributed by atoms with Crippen molar-refractivity contribution >= 4 is 18.0 Å². The summed E-state index contributed by atoms with van der Waals surface area (Å²) in [5, 5.41) is 11.6. The predicted octanol–water partition coefficient (Wildman–Crippen LogP) is 3.35. The number of aromatic carboxylic acids is 1. The molecular formula is C22H29N3O6. The molecule has 1 amide bonds. The molecule has 1 aromatic heterocycles. The van der Waals surface area contributed by atoms with Gasteiger partial charge in [0, 0.05) is 18.3 Å². The Balaban J connectivity index is 2.17. The van der Waals surface area contributed by atoms with Crippen molar-refractivity contribution in [3.63, 3.8) is 0 Å². The van der Waals surface area contributed by atoms with Gasteiger partial charge in [-0.3, -0.25) is 0 Å². The topological polar surface area (TPSA) is 120 Å². The quantitative estimate of drug-likeness (QED) is 0.673. The van der Waals surface area contributed by atoms with Gasteiger partial charge in [0.25, 0.3) is 0 Å². The van der Waals surface area contributed by atoms with Crippen LogP contribution >= 0.6 is 0 Å². The van der Waals surface area contributed by atoms with E-state index in [1.807, 2.05) is 0 Å². The average molecular weight is 431 g/mol. The van der Waals surface area contributed by atoms with E-state index in [4.69, 9.17) is 14.6 Å². The maximum Gasteiger partial charge on any atom is 0.408 e. The van der Waals surface area contributed by atoms with E-state index in [0.29, 0.717) is 5.69 Å². The number of nitrogens with one attached hydrogen (secondary N) is 1. The number of carbonyl (C=O) groups excluding carboxylic acids is 2. The van der Waals surface area contributed by atoms with E-state index in [-0.39, 0.29) is 12.1 Å². The summed E-state index contributed by atoms with van der Waals surface area (Å²) in [6.45, 7) is 10.5. The van der Waals surface area contributed by atoms with Crippen LogP contribution in [0.4, 0.5) is 4.79 Å². The van der Waals surface area contributed by atoms with Crippen LogP contribution in [0.5, 0.6) is 0 Å². The van der Waals surface area contributed by atoms with Gasteiger partial charge in [0.1, 0.15) is 23.6 Å². The number of hydrogen-bond donors (Lipinski definition) is 2. The molecule has 0 saturated carbocycles. The smallest absolute Gasteiger partial charge is 0.408 e. The SMILES string of the molecule is CC(C)(C)OC(=O)NC(Cc1ccc(-n2cnc(C(=O)O)c2)cc1)C(=O)OC(C)(C)C. The minimum absolute atomic E-state index is 0.0596. The lowest BCUT2D eigenvalue weighted by atomic mass is 10.0. The summed E-state index contributed by atoms with van der Waals surface area (Å²) in [6, 6.07) is 6.16. The van der Waals surface area contributed by atoms with E-state index in [9.17, 15) is 14.4 Å². The van der Waals surface area contributed by atoms with Gasteiger partial charge in [-0.2, -0.15) is 0 Å². The summed E-state index contributed by atoms with van der Waals surface area (Å²) in [6.07, 6.45) is 2.30. The number of imidazole rings is 1. The third-order valence-electron chi connectivity index (χ3n) is 3.86. The molecule has 2 rings (SSSR count). The third-order valence-corrected chi connectivity index (χ3v) is 3.86. The summed E-state index contributed by atoms with van der Waals surface area (Å²) in [5.74, 6) is -1.67. The molecule has 0 saturated heterocycles. The second-order valence-electron chi connectivity index (χ2n) is 9.07. The van der Waals surface area contributed by atoms with Gasteiger partial charge in [-0.05, 0) is 59.2 Å². The Kier molecular flexibility index (Phi) is 7.09. The fraction of sp³-hybridized carbons (Fsp3) is 0.455. The minimum Gasteiger partial charge on any atom is -0.476 e. The van der Waals surface area contributed by atoms with Gasteiger partial charge < -0.3 is 24.5 Å². The van der Waals surface area contributed by atoms with Crippen molar-refractivity contribution in [2.75, 3.05) is 0 Å². The highest BCUT2D eigenvalue weighted by molar-refractivity contribution is 5.85. The number of amides is 1. The van der Waals surface area contributed by atoms with Crippen molar-refractivity contribution in [1.82, 2.24) is 14.9 Å². The van der Waals surface area contributed by atoms with E-state index in [1.54, 1.807) is 70.4 Å². The van der Waals surface area contributed by atoms with Crippen LogP contribution in [0.15, 0.2) is 36.8 Å². The van der Waals surface area contributed by atoms with Gasteiger partial charge in [-0.15, -0.1) is 0 Å². The molecule has 168 valence electrons. The highest BCUT2D eigenvalue weighted by Crippen LogP contribution is 2.15. The summed E-state index contributed by atoms with van der Waals surface area (Å²) >= 11 is 0. The Hall–Kier alpha value is -3.36. The van der Waals surface area contributed by atoms with Crippen LogP contribution < -0.4 is 5.32 Å². The zero-order valence-corrected chi connectivity index (χ0v) is 18.6. The summed E-state index contributed by atoms with van der Waals surface area (Å²) < 4.78 is 12.3. The number of nitrogens with zero attached hydrogens (tertiary/aromatic N) is 2. The highest BCUT2D eigenvalue weighted by atomic mass is 16.6. The number of aromatic nitrogens is 2. The Morgan fingerprint density at radius 1 is 1.03 bits per heavy atom. The Labute approximate surface area is 181 Å². The van der Waals surface area contributed by atoms with E-state index < -0.39 is 35.3 Å². The van der Waals surface area contributed by atoms with Gasteiger partial charge in [-0.1, -0.05) is 12.1 Å². The largest absolute Gasteiger partial charge is 0.476 e. The predicted molar refractivity (Wildman–Crippen MR) is 113 cm³/mol. The lowest BCUT2D eigenvalue weighted by Gasteiger charge is -2.26. The van der Waals surface area contributed by atoms with Crippen LogP contribution in [-0.2, 0) is 20.7 Å². The molecular weight excluding hydrogens is 402 g/mol. The second kappa shape index (κ2) is 9.20. The van der Waals surface area contributed by atoms with Gasteiger partial charge in [0.05, 0.1) is 0 Å². The van der Waals surface area contributed by atoms with Crippen LogP contribution in [0, 0.1) is 0 Å². The van der Waals surface area contributed by atoms with Crippen LogP contribution in [0.2, 0.25) is 0 Å². The molecule has 1 unspecified atom stereocenters. The first-order valence-corrected chi connectivity index (χ1v) is 9.82. The van der Waals surface area contributed by atoms with Crippen LogP contribution in [0.1, 0.15) is 57.6 Å². The zero-order chi connectivity index (χ0) is 23.4. The van der Waals surface area contributed by atoms with E-state index in [2.05, 4.69) is 10.3 Å². The van der Waals surface area contributed by atoms with Crippen molar-refractivity contribution in [2.24, 2.45) is 0 Å². The van der Waals surface area contributed by atoms with Crippen LogP contribution in [0.25, 0.3) is 5.69 Å². The minimum atomic E-state index is -1.11. The molecule has 31 heavy (non-hydrogen) atoms. The maximum atomic E-state index is 12.7. The van der Waals surface area contributed by atoms with Crippen molar-refractivity contribution in [2.45, 2.75) is 65.2 Å². The maximum absolute atomic E-state index is 12.7. The second-order valence-corrected chi connectivity index (χ2v) is 9.07. The van der Waals surface area contributed by atoms with E-state index >= 15 is 0 Å². The molecule has 2 aromatic rings. The molecule has 2 N–H and O–H groups in total. The van der Waals surface area contributed by atoms with Gasteiger partial charge in [0.2, 0.25) is 0 Å². The summed E-state index contributed by atoms with van der Waals surface area (Å²) in [4.78, 5) is 39.7. The number of esters is 1. The van der Waals surface area contributed by atoms with Crippen molar-refractivity contribution in [3.05, 3.63) is 48.0 Å². The fourth-order valence-corrected chi connectivity index (χ4v) is 2.63. The molecule has 9 nitrogen and oxygen atoms in total. The third kappa shape index (κ3) is 7.76. The molecule has 9 heteroatoms. The number of carboxylic acids is 1. The normalized spacial score (nSPS) is 12.7. The number of ether oxygens (including phenoxy) is 2.